The zero-order valence-corrected chi connectivity index (χ0v) is 16.0. The summed E-state index contributed by atoms with van der Waals surface area (Å²) in [6.07, 6.45) is 2.73. The van der Waals surface area contributed by atoms with Gasteiger partial charge in [0.15, 0.2) is 0 Å². The van der Waals surface area contributed by atoms with Crippen LogP contribution in [-0.4, -0.2) is 19.0 Å². The maximum absolute atomic E-state index is 12.1. The van der Waals surface area contributed by atoms with Crippen molar-refractivity contribution in [2.24, 2.45) is 5.92 Å². The van der Waals surface area contributed by atoms with E-state index in [1.165, 1.54) is 12.0 Å². The van der Waals surface area contributed by atoms with E-state index in [-0.39, 0.29) is 18.3 Å². The lowest BCUT2D eigenvalue weighted by Crippen LogP contribution is -2.23. The Kier molecular flexibility index (Phi) is 7.95. The first kappa shape index (κ1) is 20.3. The minimum absolute atomic E-state index is 0. The molecule has 1 atom stereocenters. The first-order valence-electron chi connectivity index (χ1n) is 9.00. The van der Waals surface area contributed by atoms with E-state index in [0.717, 1.165) is 36.6 Å². The number of halogens is 1. The van der Waals surface area contributed by atoms with E-state index in [2.05, 4.69) is 17.6 Å². The molecule has 2 aromatic carbocycles. The Hall–Kier alpha value is -2.04. The molecule has 2 aromatic rings. The van der Waals surface area contributed by atoms with Crippen molar-refractivity contribution >= 4 is 18.3 Å². The van der Waals surface area contributed by atoms with Crippen LogP contribution in [0.2, 0.25) is 0 Å². The molecule has 26 heavy (non-hydrogen) atoms. The van der Waals surface area contributed by atoms with Gasteiger partial charge in [0.25, 0.3) is 0 Å². The van der Waals surface area contributed by atoms with Crippen molar-refractivity contribution in [3.8, 4) is 11.5 Å². The highest BCUT2D eigenvalue weighted by Gasteiger charge is 2.15. The third-order valence-corrected chi connectivity index (χ3v) is 4.64. The van der Waals surface area contributed by atoms with Crippen LogP contribution in [0.5, 0.6) is 11.5 Å². The highest BCUT2D eigenvalue weighted by molar-refractivity contribution is 5.85. The molecule has 140 valence electrons. The molecule has 1 unspecified atom stereocenters. The van der Waals surface area contributed by atoms with Crippen molar-refractivity contribution in [2.45, 2.75) is 32.7 Å². The summed E-state index contributed by atoms with van der Waals surface area (Å²) in [4.78, 5) is 12.1. The Labute approximate surface area is 161 Å². The van der Waals surface area contributed by atoms with E-state index in [4.69, 9.17) is 4.74 Å². The second-order valence-corrected chi connectivity index (χ2v) is 6.70. The number of amides is 1. The Balaban J connectivity index is 0.00000243. The largest absolute Gasteiger partial charge is 0.457 e. The van der Waals surface area contributed by atoms with Gasteiger partial charge in [0.1, 0.15) is 11.5 Å². The van der Waals surface area contributed by atoms with Crippen LogP contribution in [0.25, 0.3) is 0 Å². The van der Waals surface area contributed by atoms with Gasteiger partial charge in [-0.25, -0.2) is 0 Å². The monoisotopic (exact) mass is 374 g/mol. The number of hydrogen-bond acceptors (Lipinski definition) is 3. The average Bonchev–Trinajstić information content (AvgIpc) is 3.15. The van der Waals surface area contributed by atoms with E-state index >= 15 is 0 Å². The lowest BCUT2D eigenvalue weighted by molar-refractivity contribution is -0.121. The first-order valence-corrected chi connectivity index (χ1v) is 9.00. The van der Waals surface area contributed by atoms with Crippen LogP contribution < -0.4 is 15.4 Å². The van der Waals surface area contributed by atoms with Gasteiger partial charge in [-0.2, -0.15) is 0 Å². The predicted molar refractivity (Wildman–Crippen MR) is 107 cm³/mol. The zero-order chi connectivity index (χ0) is 17.5. The molecule has 0 aliphatic carbocycles. The van der Waals surface area contributed by atoms with E-state index in [1.54, 1.807) is 0 Å². The number of rotatable bonds is 7. The summed E-state index contributed by atoms with van der Waals surface area (Å²) in [5.74, 6) is 2.34. The van der Waals surface area contributed by atoms with Crippen molar-refractivity contribution in [3.63, 3.8) is 0 Å². The van der Waals surface area contributed by atoms with Crippen LogP contribution in [0.15, 0.2) is 48.5 Å². The molecule has 1 saturated heterocycles. The number of nitrogens with one attached hydrogen (secondary N) is 2. The molecule has 3 rings (SSSR count). The lowest BCUT2D eigenvalue weighted by atomic mass is 10.0. The summed E-state index contributed by atoms with van der Waals surface area (Å²) >= 11 is 0. The zero-order valence-electron chi connectivity index (χ0n) is 15.2. The second-order valence-electron chi connectivity index (χ2n) is 6.70. The molecule has 1 amide bonds. The minimum Gasteiger partial charge on any atom is -0.457 e. The van der Waals surface area contributed by atoms with Gasteiger partial charge >= 0.3 is 0 Å². The van der Waals surface area contributed by atoms with E-state index < -0.39 is 0 Å². The third-order valence-electron chi connectivity index (χ3n) is 4.64. The molecule has 1 aliphatic heterocycles. The quantitative estimate of drug-likeness (QED) is 0.763. The minimum atomic E-state index is 0. The number of hydrogen-bond donors (Lipinski definition) is 2. The van der Waals surface area contributed by atoms with Gasteiger partial charge in [0, 0.05) is 18.5 Å². The number of para-hydroxylation sites is 1. The maximum Gasteiger partial charge on any atom is 0.220 e. The first-order chi connectivity index (χ1) is 12.2. The Morgan fingerprint density at radius 2 is 1.96 bits per heavy atom. The van der Waals surface area contributed by atoms with E-state index in [1.807, 2.05) is 48.5 Å². The van der Waals surface area contributed by atoms with Crippen LogP contribution in [0, 0.1) is 12.8 Å². The van der Waals surface area contributed by atoms with Gasteiger partial charge in [0.05, 0.1) is 0 Å². The molecule has 1 fully saturated rings. The third kappa shape index (κ3) is 6.04. The Morgan fingerprint density at radius 1 is 1.19 bits per heavy atom. The standard InChI is InChI=1S/C21H26N2O2.ClH/c1-16-6-9-19(10-7-16)25-20-5-3-2-4-18(20)15-23-21(24)11-8-17-12-13-22-14-17;/h2-7,9-10,17,22H,8,11-15H2,1H3,(H,23,24);1H. The number of carbonyl (C=O) groups is 1. The number of aryl methyl sites for hydroxylation is 1. The molecule has 0 saturated carbocycles. The maximum atomic E-state index is 12.1. The fourth-order valence-corrected chi connectivity index (χ4v) is 3.06. The van der Waals surface area contributed by atoms with Gasteiger partial charge in [-0.1, -0.05) is 35.9 Å². The van der Waals surface area contributed by atoms with E-state index in [0.29, 0.717) is 18.9 Å². The van der Waals surface area contributed by atoms with Gasteiger partial charge in [-0.3, -0.25) is 4.79 Å². The van der Waals surface area contributed by atoms with Crippen LogP contribution in [-0.2, 0) is 11.3 Å². The molecular weight excluding hydrogens is 348 g/mol. The molecule has 0 radical (unpaired) electrons. The van der Waals surface area contributed by atoms with Crippen LogP contribution in [0.4, 0.5) is 0 Å². The van der Waals surface area contributed by atoms with Crippen LogP contribution >= 0.6 is 12.4 Å². The lowest BCUT2D eigenvalue weighted by Gasteiger charge is -2.13. The van der Waals surface area contributed by atoms with Gasteiger partial charge < -0.3 is 15.4 Å². The van der Waals surface area contributed by atoms with Gasteiger partial charge in [-0.05, 0) is 57.0 Å². The van der Waals surface area contributed by atoms with Crippen molar-refractivity contribution in [2.75, 3.05) is 13.1 Å². The predicted octanol–water partition coefficient (Wildman–Crippen LogP) is 4.22. The molecule has 4 nitrogen and oxygen atoms in total. The fraction of sp³-hybridized carbons (Fsp3) is 0.381. The Bertz CT molecular complexity index is 697. The number of ether oxygens (including phenoxy) is 1. The van der Waals surface area contributed by atoms with Crippen LogP contribution in [0.3, 0.4) is 0 Å². The van der Waals surface area contributed by atoms with Gasteiger partial charge in [0.2, 0.25) is 5.91 Å². The molecule has 2 N–H and O–H groups in total. The highest BCUT2D eigenvalue weighted by Crippen LogP contribution is 2.25. The molecule has 5 heteroatoms. The second kappa shape index (κ2) is 10.2. The van der Waals surface area contributed by atoms with Crippen molar-refractivity contribution < 1.29 is 9.53 Å². The molecule has 0 spiro atoms. The Morgan fingerprint density at radius 3 is 2.69 bits per heavy atom. The van der Waals surface area contributed by atoms with Gasteiger partial charge in [-0.15, -0.1) is 12.4 Å². The molecular formula is C21H27ClN2O2. The smallest absolute Gasteiger partial charge is 0.220 e. The summed E-state index contributed by atoms with van der Waals surface area (Å²) in [6, 6.07) is 15.8. The summed E-state index contributed by atoms with van der Waals surface area (Å²) in [6.45, 7) is 4.66. The van der Waals surface area contributed by atoms with Crippen molar-refractivity contribution in [1.82, 2.24) is 10.6 Å². The summed E-state index contributed by atoms with van der Waals surface area (Å²) < 4.78 is 5.98. The fourth-order valence-electron chi connectivity index (χ4n) is 3.06. The SMILES string of the molecule is Cc1ccc(Oc2ccccc2CNC(=O)CCC2CCNC2)cc1.Cl. The summed E-state index contributed by atoms with van der Waals surface area (Å²) in [5, 5.41) is 6.36. The number of carbonyl (C=O) groups excluding carboxylic acids is 1. The molecule has 0 aromatic heterocycles. The number of benzene rings is 2. The molecule has 1 aliphatic rings. The van der Waals surface area contributed by atoms with E-state index in [9.17, 15) is 4.79 Å². The topological polar surface area (TPSA) is 50.4 Å². The summed E-state index contributed by atoms with van der Waals surface area (Å²) in [5.41, 5.74) is 2.18. The molecule has 0 bridgehead atoms. The van der Waals surface area contributed by atoms with Crippen LogP contribution in [0.1, 0.15) is 30.4 Å². The normalized spacial score (nSPS) is 16.0. The van der Waals surface area contributed by atoms with Crippen molar-refractivity contribution in [1.29, 1.82) is 0 Å². The van der Waals surface area contributed by atoms with Crippen molar-refractivity contribution in [3.05, 3.63) is 59.7 Å². The molecule has 1 heterocycles. The highest BCUT2D eigenvalue weighted by atomic mass is 35.5. The average molecular weight is 375 g/mol. The summed E-state index contributed by atoms with van der Waals surface area (Å²) in [7, 11) is 0.